The van der Waals surface area contributed by atoms with E-state index in [0.717, 1.165) is 12.3 Å². The molecular weight excluding hydrogens is 258 g/mol. The summed E-state index contributed by atoms with van der Waals surface area (Å²) >= 11 is 0. The van der Waals surface area contributed by atoms with Crippen LogP contribution in [-0.4, -0.2) is 11.6 Å². The van der Waals surface area contributed by atoms with Gasteiger partial charge in [0.05, 0.1) is 6.10 Å². The monoisotopic (exact) mass is 289 g/mol. The summed E-state index contributed by atoms with van der Waals surface area (Å²) in [5.74, 6) is 1.11. The Balaban J connectivity index is 2.05. The lowest BCUT2D eigenvalue weighted by molar-refractivity contribution is 0.153. The number of hydrogen-bond acceptors (Lipinski definition) is 2. The Labute approximate surface area is 130 Å². The fourth-order valence-electron chi connectivity index (χ4n) is 3.04. The van der Waals surface area contributed by atoms with Crippen molar-refractivity contribution in [2.75, 3.05) is 0 Å². The molecular formula is C19H31NO. The van der Waals surface area contributed by atoms with Crippen LogP contribution in [0.4, 0.5) is 0 Å². The number of rotatable bonds is 4. The number of benzene rings is 1. The standard InChI is InChI=1S/C19H31NO/c1-14-11-16(13-20-19(3,4)5)12-15(2)18(14)21-17-9-7-6-8-10-17/h11-12,17,20H,6-10,13H2,1-5H3. The summed E-state index contributed by atoms with van der Waals surface area (Å²) < 4.78 is 6.30. The molecule has 1 aliphatic rings. The molecule has 0 bridgehead atoms. The van der Waals surface area contributed by atoms with Gasteiger partial charge in [-0.25, -0.2) is 0 Å². The van der Waals surface area contributed by atoms with Gasteiger partial charge in [-0.05, 0) is 77.0 Å². The number of ether oxygens (including phenoxy) is 1. The van der Waals surface area contributed by atoms with Gasteiger partial charge in [-0.2, -0.15) is 0 Å². The van der Waals surface area contributed by atoms with E-state index in [1.807, 2.05) is 0 Å². The number of hydrogen-bond donors (Lipinski definition) is 1. The van der Waals surface area contributed by atoms with Crippen molar-refractivity contribution in [3.05, 3.63) is 28.8 Å². The molecule has 1 aliphatic carbocycles. The van der Waals surface area contributed by atoms with Gasteiger partial charge in [0.2, 0.25) is 0 Å². The van der Waals surface area contributed by atoms with E-state index in [0.29, 0.717) is 6.10 Å². The van der Waals surface area contributed by atoms with E-state index in [-0.39, 0.29) is 5.54 Å². The minimum absolute atomic E-state index is 0.152. The van der Waals surface area contributed by atoms with Crippen molar-refractivity contribution in [3.63, 3.8) is 0 Å². The first-order valence-corrected chi connectivity index (χ1v) is 8.37. The maximum absolute atomic E-state index is 6.30. The van der Waals surface area contributed by atoms with Gasteiger partial charge in [0.15, 0.2) is 0 Å². The molecule has 0 unspecified atom stereocenters. The fourth-order valence-corrected chi connectivity index (χ4v) is 3.04. The molecule has 2 nitrogen and oxygen atoms in total. The molecule has 0 radical (unpaired) electrons. The largest absolute Gasteiger partial charge is 0.490 e. The van der Waals surface area contributed by atoms with Crippen molar-refractivity contribution < 1.29 is 4.74 Å². The molecule has 1 saturated carbocycles. The van der Waals surface area contributed by atoms with E-state index in [4.69, 9.17) is 4.74 Å². The minimum atomic E-state index is 0.152. The Hall–Kier alpha value is -1.02. The van der Waals surface area contributed by atoms with Crippen LogP contribution in [0.15, 0.2) is 12.1 Å². The summed E-state index contributed by atoms with van der Waals surface area (Å²) in [7, 11) is 0. The molecule has 0 spiro atoms. The lowest BCUT2D eigenvalue weighted by Crippen LogP contribution is -2.35. The van der Waals surface area contributed by atoms with Gasteiger partial charge in [-0.15, -0.1) is 0 Å². The van der Waals surface area contributed by atoms with Crippen LogP contribution < -0.4 is 10.1 Å². The second-order valence-corrected chi connectivity index (χ2v) is 7.54. The quantitative estimate of drug-likeness (QED) is 0.851. The Morgan fingerprint density at radius 1 is 1.05 bits per heavy atom. The molecule has 2 rings (SSSR count). The molecule has 1 fully saturated rings. The predicted octanol–water partition coefficient (Wildman–Crippen LogP) is 4.90. The van der Waals surface area contributed by atoms with Crippen LogP contribution in [0.5, 0.6) is 5.75 Å². The highest BCUT2D eigenvalue weighted by atomic mass is 16.5. The van der Waals surface area contributed by atoms with E-state index in [9.17, 15) is 0 Å². The highest BCUT2D eigenvalue weighted by Gasteiger charge is 2.17. The van der Waals surface area contributed by atoms with Crippen molar-refractivity contribution in [1.29, 1.82) is 0 Å². The van der Waals surface area contributed by atoms with Crippen LogP contribution >= 0.6 is 0 Å². The van der Waals surface area contributed by atoms with Crippen LogP contribution in [-0.2, 0) is 6.54 Å². The maximum Gasteiger partial charge on any atom is 0.125 e. The highest BCUT2D eigenvalue weighted by molar-refractivity contribution is 5.43. The second-order valence-electron chi connectivity index (χ2n) is 7.54. The van der Waals surface area contributed by atoms with Crippen molar-refractivity contribution in [1.82, 2.24) is 5.32 Å². The van der Waals surface area contributed by atoms with Crippen molar-refractivity contribution in [3.8, 4) is 5.75 Å². The number of aryl methyl sites for hydroxylation is 2. The van der Waals surface area contributed by atoms with Gasteiger partial charge < -0.3 is 10.1 Å². The predicted molar refractivity (Wildman–Crippen MR) is 90.0 cm³/mol. The van der Waals surface area contributed by atoms with Gasteiger partial charge in [0, 0.05) is 12.1 Å². The Morgan fingerprint density at radius 3 is 2.14 bits per heavy atom. The third-order valence-electron chi connectivity index (χ3n) is 4.18. The third-order valence-corrected chi connectivity index (χ3v) is 4.18. The molecule has 1 N–H and O–H groups in total. The molecule has 118 valence electrons. The first-order valence-electron chi connectivity index (χ1n) is 8.37. The zero-order valence-electron chi connectivity index (χ0n) is 14.4. The second kappa shape index (κ2) is 6.83. The topological polar surface area (TPSA) is 21.3 Å². The van der Waals surface area contributed by atoms with E-state index in [1.54, 1.807) is 0 Å². The fraction of sp³-hybridized carbons (Fsp3) is 0.684. The van der Waals surface area contributed by atoms with Crippen LogP contribution in [0.3, 0.4) is 0 Å². The number of nitrogens with one attached hydrogen (secondary N) is 1. The summed E-state index contributed by atoms with van der Waals surface area (Å²) in [5, 5.41) is 3.55. The summed E-state index contributed by atoms with van der Waals surface area (Å²) in [6.07, 6.45) is 6.86. The third kappa shape index (κ3) is 5.03. The molecule has 1 aromatic carbocycles. The van der Waals surface area contributed by atoms with Gasteiger partial charge >= 0.3 is 0 Å². The van der Waals surface area contributed by atoms with Crippen molar-refractivity contribution in [2.45, 2.75) is 84.9 Å². The van der Waals surface area contributed by atoms with Crippen molar-refractivity contribution >= 4 is 0 Å². The summed E-state index contributed by atoms with van der Waals surface area (Å²) in [4.78, 5) is 0. The average molecular weight is 289 g/mol. The zero-order chi connectivity index (χ0) is 15.5. The van der Waals surface area contributed by atoms with Gasteiger partial charge in [0.25, 0.3) is 0 Å². The van der Waals surface area contributed by atoms with Gasteiger partial charge in [-0.3, -0.25) is 0 Å². The van der Waals surface area contributed by atoms with E-state index in [2.05, 4.69) is 52.1 Å². The minimum Gasteiger partial charge on any atom is -0.490 e. The van der Waals surface area contributed by atoms with Crippen LogP contribution in [0.2, 0.25) is 0 Å². The first-order chi connectivity index (χ1) is 9.85. The van der Waals surface area contributed by atoms with E-state index < -0.39 is 0 Å². The molecule has 0 heterocycles. The molecule has 0 saturated heterocycles. The highest BCUT2D eigenvalue weighted by Crippen LogP contribution is 2.29. The van der Waals surface area contributed by atoms with Crippen LogP contribution in [0.25, 0.3) is 0 Å². The Bertz CT molecular complexity index is 444. The molecule has 0 aromatic heterocycles. The summed E-state index contributed by atoms with van der Waals surface area (Å²) in [5.41, 5.74) is 4.03. The average Bonchev–Trinajstić information content (AvgIpc) is 2.41. The molecule has 21 heavy (non-hydrogen) atoms. The van der Waals surface area contributed by atoms with Crippen LogP contribution in [0, 0.1) is 13.8 Å². The maximum atomic E-state index is 6.30. The normalized spacial score (nSPS) is 17.0. The SMILES string of the molecule is Cc1cc(CNC(C)(C)C)cc(C)c1OC1CCCCC1. The first kappa shape index (κ1) is 16.4. The summed E-state index contributed by atoms with van der Waals surface area (Å²) in [6, 6.07) is 4.54. The van der Waals surface area contributed by atoms with E-state index >= 15 is 0 Å². The smallest absolute Gasteiger partial charge is 0.125 e. The molecule has 2 heteroatoms. The van der Waals surface area contributed by atoms with Crippen molar-refractivity contribution in [2.24, 2.45) is 0 Å². The molecule has 0 atom stereocenters. The van der Waals surface area contributed by atoms with E-state index in [1.165, 1.54) is 48.8 Å². The molecule has 0 aliphatic heterocycles. The Morgan fingerprint density at radius 2 is 1.62 bits per heavy atom. The van der Waals surface area contributed by atoms with Crippen LogP contribution in [0.1, 0.15) is 69.6 Å². The Kier molecular flexibility index (Phi) is 5.32. The lowest BCUT2D eigenvalue weighted by atomic mass is 9.97. The lowest BCUT2D eigenvalue weighted by Gasteiger charge is -2.26. The van der Waals surface area contributed by atoms with Gasteiger partial charge in [-0.1, -0.05) is 18.6 Å². The molecule has 0 amide bonds. The zero-order valence-corrected chi connectivity index (χ0v) is 14.4. The summed E-state index contributed by atoms with van der Waals surface area (Å²) in [6.45, 7) is 11.9. The van der Waals surface area contributed by atoms with Gasteiger partial charge in [0.1, 0.15) is 5.75 Å². The molecule has 1 aromatic rings.